The number of primary amides is 1. The summed E-state index contributed by atoms with van der Waals surface area (Å²) in [5, 5.41) is 14.5. The fourth-order valence-corrected chi connectivity index (χ4v) is 2.30. The first kappa shape index (κ1) is 13.9. The largest absolute Gasteiger partial charge is 0.411 e. The maximum Gasteiger partial charge on any atom is 0.318 e. The number of urea groups is 1. The third kappa shape index (κ3) is 3.05. The summed E-state index contributed by atoms with van der Waals surface area (Å²) in [5.74, 6) is -0.461. The molecule has 0 bridgehead atoms. The van der Waals surface area contributed by atoms with Gasteiger partial charge in [-0.05, 0) is 18.9 Å². The SMILES string of the molecule is NC(=O)NC(=O)CN1CCC/C(=N/O)c2ccccc21. The Morgan fingerprint density at radius 1 is 1.40 bits per heavy atom. The Morgan fingerprint density at radius 3 is 2.85 bits per heavy atom. The maximum absolute atomic E-state index is 11.7. The predicted octanol–water partition coefficient (Wildman–Crippen LogP) is 0.660. The highest BCUT2D eigenvalue weighted by Gasteiger charge is 2.21. The molecule has 0 fully saturated rings. The van der Waals surface area contributed by atoms with Crippen LogP contribution in [0.4, 0.5) is 10.5 Å². The van der Waals surface area contributed by atoms with Crippen LogP contribution >= 0.6 is 0 Å². The van der Waals surface area contributed by atoms with Crippen LogP contribution in [0.1, 0.15) is 18.4 Å². The predicted molar refractivity (Wildman–Crippen MR) is 73.9 cm³/mol. The van der Waals surface area contributed by atoms with Gasteiger partial charge in [0.1, 0.15) is 0 Å². The lowest BCUT2D eigenvalue weighted by Gasteiger charge is -2.23. The summed E-state index contributed by atoms with van der Waals surface area (Å²) in [5.41, 5.74) is 7.12. The Bertz CT molecular complexity index is 556. The molecule has 0 spiro atoms. The summed E-state index contributed by atoms with van der Waals surface area (Å²) in [6.45, 7) is 0.654. The highest BCUT2D eigenvalue weighted by molar-refractivity contribution is 6.06. The summed E-state index contributed by atoms with van der Waals surface area (Å²) in [7, 11) is 0. The first-order valence-electron chi connectivity index (χ1n) is 6.26. The molecule has 7 nitrogen and oxygen atoms in total. The van der Waals surface area contributed by atoms with Crippen LogP contribution in [0.3, 0.4) is 0 Å². The molecule has 0 saturated carbocycles. The highest BCUT2D eigenvalue weighted by atomic mass is 16.4. The summed E-state index contributed by atoms with van der Waals surface area (Å²) >= 11 is 0. The Kier molecular flexibility index (Phi) is 4.19. The number of para-hydroxylation sites is 1. The lowest BCUT2D eigenvalue weighted by atomic mass is 10.1. The molecule has 3 amide bonds. The third-order valence-corrected chi connectivity index (χ3v) is 3.12. The van der Waals surface area contributed by atoms with Crippen LogP contribution in [0.25, 0.3) is 0 Å². The fraction of sp³-hybridized carbons (Fsp3) is 0.308. The van der Waals surface area contributed by atoms with E-state index in [9.17, 15) is 9.59 Å². The minimum atomic E-state index is -0.865. The monoisotopic (exact) mass is 276 g/mol. The van der Waals surface area contributed by atoms with Gasteiger partial charge in [-0.3, -0.25) is 10.1 Å². The summed E-state index contributed by atoms with van der Waals surface area (Å²) < 4.78 is 0. The average Bonchev–Trinajstić information content (AvgIpc) is 2.58. The zero-order chi connectivity index (χ0) is 14.5. The molecule has 1 aromatic carbocycles. The number of rotatable bonds is 2. The van der Waals surface area contributed by atoms with Crippen molar-refractivity contribution in [3.05, 3.63) is 29.8 Å². The number of benzene rings is 1. The highest BCUT2D eigenvalue weighted by Crippen LogP contribution is 2.26. The van der Waals surface area contributed by atoms with E-state index in [1.165, 1.54) is 0 Å². The summed E-state index contributed by atoms with van der Waals surface area (Å²) in [6, 6.07) is 6.52. The molecule has 0 atom stereocenters. The van der Waals surface area contributed by atoms with E-state index in [1.807, 2.05) is 34.5 Å². The molecule has 1 heterocycles. The Labute approximate surface area is 116 Å². The number of carbonyl (C=O) groups excluding carboxylic acids is 2. The lowest BCUT2D eigenvalue weighted by molar-refractivity contribution is -0.118. The second-order valence-corrected chi connectivity index (χ2v) is 4.50. The van der Waals surface area contributed by atoms with Gasteiger partial charge in [0.15, 0.2) is 0 Å². The van der Waals surface area contributed by atoms with Crippen molar-refractivity contribution in [1.29, 1.82) is 0 Å². The van der Waals surface area contributed by atoms with Crippen LogP contribution < -0.4 is 16.0 Å². The second kappa shape index (κ2) is 6.05. The van der Waals surface area contributed by atoms with Gasteiger partial charge in [-0.2, -0.15) is 0 Å². The molecular weight excluding hydrogens is 260 g/mol. The number of nitrogens with one attached hydrogen (secondary N) is 1. The molecule has 1 aliphatic heterocycles. The number of amides is 3. The first-order chi connectivity index (χ1) is 9.61. The minimum absolute atomic E-state index is 0.0265. The molecule has 106 valence electrons. The number of nitrogens with zero attached hydrogens (tertiary/aromatic N) is 2. The lowest BCUT2D eigenvalue weighted by Crippen LogP contribution is -2.42. The van der Waals surface area contributed by atoms with Crippen molar-refractivity contribution in [1.82, 2.24) is 5.32 Å². The van der Waals surface area contributed by atoms with Gasteiger partial charge in [0, 0.05) is 17.8 Å². The molecule has 1 aliphatic rings. The van der Waals surface area contributed by atoms with E-state index in [1.54, 1.807) is 0 Å². The number of hydrogen-bond acceptors (Lipinski definition) is 5. The van der Waals surface area contributed by atoms with Gasteiger partial charge in [-0.25, -0.2) is 4.79 Å². The van der Waals surface area contributed by atoms with E-state index < -0.39 is 11.9 Å². The Morgan fingerprint density at radius 2 is 2.15 bits per heavy atom. The zero-order valence-electron chi connectivity index (χ0n) is 10.9. The van der Waals surface area contributed by atoms with E-state index >= 15 is 0 Å². The Balaban J connectivity index is 2.26. The van der Waals surface area contributed by atoms with Crippen LogP contribution in [0.2, 0.25) is 0 Å². The van der Waals surface area contributed by atoms with Crippen molar-refractivity contribution in [2.45, 2.75) is 12.8 Å². The van der Waals surface area contributed by atoms with Crippen molar-refractivity contribution in [2.24, 2.45) is 10.9 Å². The van der Waals surface area contributed by atoms with Crippen LogP contribution in [0.5, 0.6) is 0 Å². The second-order valence-electron chi connectivity index (χ2n) is 4.50. The van der Waals surface area contributed by atoms with Gasteiger partial charge in [0.05, 0.1) is 12.3 Å². The average molecular weight is 276 g/mol. The van der Waals surface area contributed by atoms with Crippen LogP contribution in [-0.4, -0.2) is 35.9 Å². The van der Waals surface area contributed by atoms with Crippen LogP contribution in [0.15, 0.2) is 29.4 Å². The molecular formula is C13H16N4O3. The molecule has 1 aromatic rings. The van der Waals surface area contributed by atoms with E-state index in [0.29, 0.717) is 18.7 Å². The number of nitrogens with two attached hydrogens (primary N) is 1. The zero-order valence-corrected chi connectivity index (χ0v) is 10.9. The molecule has 0 aromatic heterocycles. The number of imide groups is 1. The van der Waals surface area contributed by atoms with Gasteiger partial charge in [0.25, 0.3) is 0 Å². The topological polar surface area (TPSA) is 108 Å². The summed E-state index contributed by atoms with van der Waals surface area (Å²) in [6.07, 6.45) is 1.37. The quantitative estimate of drug-likeness (QED) is 0.544. The van der Waals surface area contributed by atoms with Crippen molar-refractivity contribution in [2.75, 3.05) is 18.0 Å². The smallest absolute Gasteiger partial charge is 0.318 e. The van der Waals surface area contributed by atoms with E-state index in [4.69, 9.17) is 10.9 Å². The molecule has 0 aliphatic carbocycles. The Hall–Kier alpha value is -2.57. The standard InChI is InChI=1S/C13H16N4O3/c14-13(19)15-12(18)8-17-7-3-5-10(16-20)9-4-1-2-6-11(9)17/h1-2,4,6,20H,3,5,7-8H2,(H3,14,15,18,19)/b16-10-. The van der Waals surface area contributed by atoms with Gasteiger partial charge in [-0.15, -0.1) is 0 Å². The van der Waals surface area contributed by atoms with Crippen LogP contribution in [-0.2, 0) is 4.79 Å². The number of hydrogen-bond donors (Lipinski definition) is 3. The molecule has 2 rings (SSSR count). The normalized spacial score (nSPS) is 16.4. The van der Waals surface area contributed by atoms with Gasteiger partial charge in [0.2, 0.25) is 5.91 Å². The number of oxime groups is 1. The molecule has 0 saturated heterocycles. The molecule has 0 unspecified atom stereocenters. The molecule has 7 heteroatoms. The number of anilines is 1. The van der Waals surface area contributed by atoms with Crippen LogP contribution in [0, 0.1) is 0 Å². The van der Waals surface area contributed by atoms with Gasteiger partial charge >= 0.3 is 6.03 Å². The van der Waals surface area contributed by atoms with Gasteiger partial charge < -0.3 is 15.8 Å². The molecule has 4 N–H and O–H groups in total. The van der Waals surface area contributed by atoms with Crippen molar-refractivity contribution in [3.8, 4) is 0 Å². The van der Waals surface area contributed by atoms with Crippen molar-refractivity contribution >= 4 is 23.3 Å². The molecule has 20 heavy (non-hydrogen) atoms. The van der Waals surface area contributed by atoms with Crippen molar-refractivity contribution in [3.63, 3.8) is 0 Å². The first-order valence-corrected chi connectivity index (χ1v) is 6.26. The van der Waals surface area contributed by atoms with E-state index in [0.717, 1.165) is 17.7 Å². The maximum atomic E-state index is 11.7. The fourth-order valence-electron chi connectivity index (χ4n) is 2.30. The third-order valence-electron chi connectivity index (χ3n) is 3.12. The van der Waals surface area contributed by atoms with Crippen molar-refractivity contribution < 1.29 is 14.8 Å². The van der Waals surface area contributed by atoms with E-state index in [2.05, 4.69) is 5.16 Å². The number of fused-ring (bicyclic) bond motifs is 1. The van der Waals surface area contributed by atoms with E-state index in [-0.39, 0.29) is 6.54 Å². The number of carbonyl (C=O) groups is 2. The summed E-state index contributed by atoms with van der Waals surface area (Å²) in [4.78, 5) is 24.2. The minimum Gasteiger partial charge on any atom is -0.411 e. The molecule has 0 radical (unpaired) electrons. The van der Waals surface area contributed by atoms with Gasteiger partial charge in [-0.1, -0.05) is 23.4 Å².